The fourth-order valence-electron chi connectivity index (χ4n) is 1.69. The van der Waals surface area contributed by atoms with Gasteiger partial charge in [0.15, 0.2) is 0 Å². The Balaban J connectivity index is 2.26. The highest BCUT2D eigenvalue weighted by molar-refractivity contribution is 7.80. The van der Waals surface area contributed by atoms with Crippen LogP contribution in [0, 0.1) is 5.92 Å². The van der Waals surface area contributed by atoms with Gasteiger partial charge in [-0.25, -0.2) is 4.98 Å². The van der Waals surface area contributed by atoms with Crippen molar-refractivity contribution in [2.24, 2.45) is 11.7 Å². The summed E-state index contributed by atoms with van der Waals surface area (Å²) in [4.78, 5) is 4.92. The normalized spacial score (nSPS) is 12.3. The highest BCUT2D eigenvalue weighted by atomic mass is 32.1. The smallest absolute Gasteiger partial charge is 0.139 e. The van der Waals surface area contributed by atoms with Crippen LogP contribution in [0.15, 0.2) is 42.7 Å². The van der Waals surface area contributed by atoms with E-state index in [1.165, 1.54) is 0 Å². The van der Waals surface area contributed by atoms with E-state index < -0.39 is 0 Å². The molecule has 0 fully saturated rings. The molecule has 88 valence electrons. The maximum atomic E-state index is 5.64. The van der Waals surface area contributed by atoms with E-state index in [1.807, 2.05) is 43.5 Å². The van der Waals surface area contributed by atoms with E-state index in [9.17, 15) is 0 Å². The minimum atomic E-state index is 0.168. The summed E-state index contributed by atoms with van der Waals surface area (Å²) in [6, 6.07) is 10.1. The fraction of sp³-hybridized carbons (Fsp3) is 0.231. The van der Waals surface area contributed by atoms with Gasteiger partial charge in [0.25, 0.3) is 0 Å². The molecule has 0 aliphatic heterocycles. The molecule has 3 nitrogen and oxygen atoms in total. The lowest BCUT2D eigenvalue weighted by atomic mass is 10.1. The number of aromatic nitrogens is 2. The highest BCUT2D eigenvalue weighted by Gasteiger charge is 2.10. The Labute approximate surface area is 106 Å². The summed E-state index contributed by atoms with van der Waals surface area (Å²) in [5.74, 6) is 1.12. The van der Waals surface area contributed by atoms with Crippen LogP contribution in [0.5, 0.6) is 0 Å². The van der Waals surface area contributed by atoms with E-state index in [1.54, 1.807) is 6.20 Å². The molecular weight excluding hydrogens is 230 g/mol. The Morgan fingerprint density at radius 3 is 2.76 bits per heavy atom. The summed E-state index contributed by atoms with van der Waals surface area (Å²) < 4.78 is 2.08. The Hall–Kier alpha value is -1.68. The Kier molecular flexibility index (Phi) is 3.54. The molecule has 0 saturated heterocycles. The van der Waals surface area contributed by atoms with Crippen molar-refractivity contribution in [3.63, 3.8) is 0 Å². The van der Waals surface area contributed by atoms with Crippen molar-refractivity contribution in [1.29, 1.82) is 0 Å². The molecular formula is C13H15N3S. The molecule has 2 aromatic rings. The van der Waals surface area contributed by atoms with Crippen molar-refractivity contribution in [2.75, 3.05) is 0 Å². The lowest BCUT2D eigenvalue weighted by Gasteiger charge is -2.13. The van der Waals surface area contributed by atoms with Crippen LogP contribution in [0.4, 0.5) is 0 Å². The topological polar surface area (TPSA) is 43.8 Å². The summed E-state index contributed by atoms with van der Waals surface area (Å²) in [6.07, 6.45) is 3.76. The van der Waals surface area contributed by atoms with Crippen LogP contribution >= 0.6 is 12.2 Å². The molecule has 2 rings (SSSR count). The van der Waals surface area contributed by atoms with Crippen molar-refractivity contribution >= 4 is 17.2 Å². The number of thiocarbonyl (C=S) groups is 1. The van der Waals surface area contributed by atoms with E-state index in [2.05, 4.69) is 9.55 Å². The zero-order valence-electron chi connectivity index (χ0n) is 9.71. The third-order valence-electron chi connectivity index (χ3n) is 2.70. The van der Waals surface area contributed by atoms with Gasteiger partial charge in [0.2, 0.25) is 0 Å². The van der Waals surface area contributed by atoms with Crippen LogP contribution in [0.2, 0.25) is 0 Å². The number of nitrogens with zero attached hydrogens (tertiary/aromatic N) is 2. The third-order valence-corrected chi connectivity index (χ3v) is 3.11. The van der Waals surface area contributed by atoms with Crippen LogP contribution in [0.3, 0.4) is 0 Å². The number of hydrogen-bond acceptors (Lipinski definition) is 2. The molecule has 4 heteroatoms. The minimum Gasteiger partial charge on any atom is -0.393 e. The molecule has 1 aromatic carbocycles. The molecule has 1 heterocycles. The van der Waals surface area contributed by atoms with Crippen molar-refractivity contribution in [1.82, 2.24) is 9.55 Å². The second-order valence-electron chi connectivity index (χ2n) is 4.07. The van der Waals surface area contributed by atoms with Crippen LogP contribution in [0.25, 0.3) is 11.4 Å². The molecule has 0 aliphatic carbocycles. The number of rotatable bonds is 4. The molecule has 1 atom stereocenters. The predicted octanol–water partition coefficient (Wildman–Crippen LogP) is 2.47. The molecule has 2 N–H and O–H groups in total. The summed E-state index contributed by atoms with van der Waals surface area (Å²) in [5.41, 5.74) is 6.74. The average molecular weight is 245 g/mol. The van der Waals surface area contributed by atoms with Crippen molar-refractivity contribution in [2.45, 2.75) is 13.5 Å². The minimum absolute atomic E-state index is 0.168. The number of hydrogen-bond donors (Lipinski definition) is 1. The summed E-state index contributed by atoms with van der Waals surface area (Å²) in [6.45, 7) is 2.79. The highest BCUT2D eigenvalue weighted by Crippen LogP contribution is 2.17. The summed E-state index contributed by atoms with van der Waals surface area (Å²) in [7, 11) is 0. The molecule has 0 bridgehead atoms. The van der Waals surface area contributed by atoms with E-state index in [-0.39, 0.29) is 5.92 Å². The van der Waals surface area contributed by atoms with Crippen LogP contribution in [-0.4, -0.2) is 14.5 Å². The SMILES string of the molecule is CC(Cn1ccnc1-c1ccccc1)C(N)=S. The van der Waals surface area contributed by atoms with Gasteiger partial charge in [-0.3, -0.25) is 0 Å². The quantitative estimate of drug-likeness (QED) is 0.842. The van der Waals surface area contributed by atoms with Crippen molar-refractivity contribution in [3.05, 3.63) is 42.7 Å². The van der Waals surface area contributed by atoms with Gasteiger partial charge in [-0.15, -0.1) is 0 Å². The number of benzene rings is 1. The molecule has 17 heavy (non-hydrogen) atoms. The first-order chi connectivity index (χ1) is 8.18. The third kappa shape index (κ3) is 2.71. The van der Waals surface area contributed by atoms with Crippen LogP contribution < -0.4 is 5.73 Å². The van der Waals surface area contributed by atoms with Gasteiger partial charge in [-0.05, 0) is 0 Å². The first kappa shape index (κ1) is 11.8. The van der Waals surface area contributed by atoms with Gasteiger partial charge in [-0.1, -0.05) is 49.5 Å². The molecule has 0 amide bonds. The van der Waals surface area contributed by atoms with Crippen molar-refractivity contribution in [3.8, 4) is 11.4 Å². The molecule has 0 aliphatic rings. The number of nitrogens with two attached hydrogens (primary N) is 1. The standard InChI is InChI=1S/C13H15N3S/c1-10(12(14)17)9-16-8-7-15-13(16)11-5-3-2-4-6-11/h2-8,10H,9H2,1H3,(H2,14,17). The summed E-state index contributed by atoms with van der Waals surface area (Å²) >= 11 is 5.00. The lowest BCUT2D eigenvalue weighted by molar-refractivity contribution is 0.604. The van der Waals surface area contributed by atoms with E-state index >= 15 is 0 Å². The fourth-order valence-corrected chi connectivity index (χ4v) is 1.76. The van der Waals surface area contributed by atoms with E-state index in [0.717, 1.165) is 17.9 Å². The number of imidazole rings is 1. The Morgan fingerprint density at radius 1 is 1.41 bits per heavy atom. The zero-order chi connectivity index (χ0) is 12.3. The van der Waals surface area contributed by atoms with Gasteiger partial charge in [0.1, 0.15) is 5.82 Å². The monoisotopic (exact) mass is 245 g/mol. The van der Waals surface area contributed by atoms with Crippen LogP contribution in [0.1, 0.15) is 6.92 Å². The van der Waals surface area contributed by atoms with E-state index in [0.29, 0.717) is 4.99 Å². The first-order valence-corrected chi connectivity index (χ1v) is 5.95. The Morgan fingerprint density at radius 2 is 2.12 bits per heavy atom. The molecule has 0 radical (unpaired) electrons. The maximum absolute atomic E-state index is 5.64. The second kappa shape index (κ2) is 5.10. The average Bonchev–Trinajstić information content (AvgIpc) is 2.78. The molecule has 1 unspecified atom stereocenters. The Bertz CT molecular complexity index is 504. The maximum Gasteiger partial charge on any atom is 0.139 e. The molecule has 0 saturated carbocycles. The largest absolute Gasteiger partial charge is 0.393 e. The van der Waals surface area contributed by atoms with Gasteiger partial charge in [-0.2, -0.15) is 0 Å². The second-order valence-corrected chi connectivity index (χ2v) is 4.54. The van der Waals surface area contributed by atoms with Gasteiger partial charge >= 0.3 is 0 Å². The van der Waals surface area contributed by atoms with E-state index in [4.69, 9.17) is 18.0 Å². The van der Waals surface area contributed by atoms with Gasteiger partial charge in [0, 0.05) is 30.4 Å². The van der Waals surface area contributed by atoms with Crippen molar-refractivity contribution < 1.29 is 0 Å². The molecule has 0 spiro atoms. The first-order valence-electron chi connectivity index (χ1n) is 5.54. The van der Waals surface area contributed by atoms with Gasteiger partial charge < -0.3 is 10.3 Å². The predicted molar refractivity (Wildman–Crippen MR) is 73.6 cm³/mol. The van der Waals surface area contributed by atoms with Gasteiger partial charge in [0.05, 0.1) is 4.99 Å². The summed E-state index contributed by atoms with van der Waals surface area (Å²) in [5, 5.41) is 0. The molecule has 1 aromatic heterocycles. The zero-order valence-corrected chi connectivity index (χ0v) is 10.5. The lowest BCUT2D eigenvalue weighted by Crippen LogP contribution is -2.22. The van der Waals surface area contributed by atoms with Crippen LogP contribution in [-0.2, 0) is 6.54 Å².